The van der Waals surface area contributed by atoms with Gasteiger partial charge in [-0.1, -0.05) is 0 Å². The Kier molecular flexibility index (Phi) is 3.63. The largest absolute Gasteiger partial charge is 0.445 e. The summed E-state index contributed by atoms with van der Waals surface area (Å²) in [6, 6.07) is 3.60. The number of rotatable bonds is 5. The summed E-state index contributed by atoms with van der Waals surface area (Å²) in [4.78, 5) is 0. The third-order valence-electron chi connectivity index (χ3n) is 1.46. The highest BCUT2D eigenvalue weighted by molar-refractivity contribution is 5.25. The van der Waals surface area contributed by atoms with Gasteiger partial charge in [-0.25, -0.2) is 0 Å². The van der Waals surface area contributed by atoms with Crippen LogP contribution in [0.4, 0.5) is 5.88 Å². The average molecular weight is 170 g/mol. The summed E-state index contributed by atoms with van der Waals surface area (Å²) in [6.45, 7) is 2.22. The molecule has 0 aliphatic rings. The first-order chi connectivity index (χ1) is 5.83. The van der Waals surface area contributed by atoms with Crippen LogP contribution < -0.4 is 11.1 Å². The Morgan fingerprint density at radius 3 is 3.00 bits per heavy atom. The van der Waals surface area contributed by atoms with Crippen LogP contribution in [0.3, 0.4) is 0 Å². The van der Waals surface area contributed by atoms with E-state index in [-0.39, 0.29) is 0 Å². The fourth-order valence-electron chi connectivity index (χ4n) is 0.875. The van der Waals surface area contributed by atoms with E-state index in [1.165, 1.54) is 0 Å². The first-order valence-corrected chi connectivity index (χ1v) is 3.87. The van der Waals surface area contributed by atoms with Gasteiger partial charge in [0.05, 0.1) is 13.2 Å². The van der Waals surface area contributed by atoms with Gasteiger partial charge in [-0.2, -0.15) is 0 Å². The number of nitrogens with two attached hydrogens (primary N) is 1. The SMILES string of the molecule is COCCNCc1ccc(N)o1. The van der Waals surface area contributed by atoms with E-state index < -0.39 is 0 Å². The molecule has 1 heterocycles. The van der Waals surface area contributed by atoms with Gasteiger partial charge < -0.3 is 20.2 Å². The van der Waals surface area contributed by atoms with Crippen molar-refractivity contribution in [2.24, 2.45) is 0 Å². The zero-order valence-corrected chi connectivity index (χ0v) is 7.17. The summed E-state index contributed by atoms with van der Waals surface area (Å²) < 4.78 is 10.0. The van der Waals surface area contributed by atoms with Gasteiger partial charge in [0.1, 0.15) is 5.76 Å². The second-order valence-electron chi connectivity index (χ2n) is 2.47. The highest BCUT2D eigenvalue weighted by Crippen LogP contribution is 2.07. The maximum Gasteiger partial charge on any atom is 0.190 e. The van der Waals surface area contributed by atoms with Crippen LogP contribution in [0.5, 0.6) is 0 Å². The van der Waals surface area contributed by atoms with Crippen LogP contribution in [0.2, 0.25) is 0 Å². The van der Waals surface area contributed by atoms with E-state index >= 15 is 0 Å². The van der Waals surface area contributed by atoms with Crippen molar-refractivity contribution >= 4 is 5.88 Å². The van der Waals surface area contributed by atoms with Gasteiger partial charge in [-0.15, -0.1) is 0 Å². The van der Waals surface area contributed by atoms with Crippen LogP contribution in [-0.2, 0) is 11.3 Å². The van der Waals surface area contributed by atoms with E-state index in [0.29, 0.717) is 19.0 Å². The molecule has 0 radical (unpaired) electrons. The van der Waals surface area contributed by atoms with E-state index in [0.717, 1.165) is 12.3 Å². The van der Waals surface area contributed by atoms with E-state index in [9.17, 15) is 0 Å². The van der Waals surface area contributed by atoms with Gasteiger partial charge >= 0.3 is 0 Å². The lowest BCUT2D eigenvalue weighted by molar-refractivity contribution is 0.198. The summed E-state index contributed by atoms with van der Waals surface area (Å²) >= 11 is 0. The molecule has 0 amide bonds. The van der Waals surface area contributed by atoms with Crippen molar-refractivity contribution < 1.29 is 9.15 Å². The van der Waals surface area contributed by atoms with Crippen LogP contribution in [0.1, 0.15) is 5.76 Å². The number of methoxy groups -OCH3 is 1. The van der Waals surface area contributed by atoms with Crippen LogP contribution >= 0.6 is 0 Å². The molecular weight excluding hydrogens is 156 g/mol. The fourth-order valence-corrected chi connectivity index (χ4v) is 0.875. The number of nitrogen functional groups attached to an aromatic ring is 1. The maximum atomic E-state index is 5.39. The Morgan fingerprint density at radius 1 is 1.58 bits per heavy atom. The topological polar surface area (TPSA) is 60.4 Å². The van der Waals surface area contributed by atoms with Crippen LogP contribution in [0, 0.1) is 0 Å². The minimum Gasteiger partial charge on any atom is -0.445 e. The average Bonchev–Trinajstić information content (AvgIpc) is 2.45. The van der Waals surface area contributed by atoms with Crippen molar-refractivity contribution in [2.75, 3.05) is 26.0 Å². The van der Waals surface area contributed by atoms with Gasteiger partial charge in [-0.3, -0.25) is 0 Å². The molecule has 0 spiro atoms. The first-order valence-electron chi connectivity index (χ1n) is 3.87. The standard InChI is InChI=1S/C8H14N2O2/c1-11-5-4-10-6-7-2-3-8(9)12-7/h2-3,10H,4-6,9H2,1H3. The monoisotopic (exact) mass is 170 g/mol. The molecule has 12 heavy (non-hydrogen) atoms. The van der Waals surface area contributed by atoms with Crippen molar-refractivity contribution in [1.29, 1.82) is 0 Å². The molecule has 0 aromatic carbocycles. The second kappa shape index (κ2) is 4.79. The Labute approximate surface area is 71.7 Å². The Balaban J connectivity index is 2.15. The molecule has 1 aromatic rings. The van der Waals surface area contributed by atoms with Crippen molar-refractivity contribution in [3.05, 3.63) is 17.9 Å². The molecule has 0 saturated carbocycles. The molecule has 3 N–H and O–H groups in total. The molecule has 0 aliphatic carbocycles. The zero-order valence-electron chi connectivity index (χ0n) is 7.17. The highest BCUT2D eigenvalue weighted by Gasteiger charge is 1.96. The van der Waals surface area contributed by atoms with Crippen molar-refractivity contribution in [2.45, 2.75) is 6.54 Å². The predicted octanol–water partition coefficient (Wildman–Crippen LogP) is 0.598. The van der Waals surface area contributed by atoms with E-state index in [1.54, 1.807) is 13.2 Å². The molecule has 0 fully saturated rings. The lowest BCUT2D eigenvalue weighted by atomic mass is 10.4. The first kappa shape index (κ1) is 9.09. The molecule has 0 atom stereocenters. The summed E-state index contributed by atoms with van der Waals surface area (Å²) in [7, 11) is 1.67. The van der Waals surface area contributed by atoms with E-state index in [1.807, 2.05) is 6.07 Å². The third kappa shape index (κ3) is 2.94. The lowest BCUT2D eigenvalue weighted by Crippen LogP contribution is -2.18. The smallest absolute Gasteiger partial charge is 0.190 e. The minimum absolute atomic E-state index is 0.457. The zero-order chi connectivity index (χ0) is 8.81. The second-order valence-corrected chi connectivity index (χ2v) is 2.47. The summed E-state index contributed by atoms with van der Waals surface area (Å²) in [5, 5.41) is 3.14. The molecule has 4 nitrogen and oxygen atoms in total. The lowest BCUT2D eigenvalue weighted by Gasteiger charge is -2.00. The molecular formula is C8H14N2O2. The third-order valence-corrected chi connectivity index (χ3v) is 1.46. The van der Waals surface area contributed by atoms with Gasteiger partial charge in [0.25, 0.3) is 0 Å². The van der Waals surface area contributed by atoms with Gasteiger partial charge in [-0.05, 0) is 6.07 Å². The van der Waals surface area contributed by atoms with E-state index in [2.05, 4.69) is 5.32 Å². The quantitative estimate of drug-likeness (QED) is 0.635. The van der Waals surface area contributed by atoms with Crippen LogP contribution in [-0.4, -0.2) is 20.3 Å². The molecule has 0 saturated heterocycles. The van der Waals surface area contributed by atoms with Gasteiger partial charge in [0.2, 0.25) is 0 Å². The van der Waals surface area contributed by atoms with E-state index in [4.69, 9.17) is 14.9 Å². The molecule has 0 unspecified atom stereocenters. The molecule has 4 heteroatoms. The fraction of sp³-hybridized carbons (Fsp3) is 0.500. The van der Waals surface area contributed by atoms with Crippen molar-refractivity contribution in [3.63, 3.8) is 0 Å². The Hall–Kier alpha value is -1.00. The van der Waals surface area contributed by atoms with Gasteiger partial charge in [0, 0.05) is 19.7 Å². The van der Waals surface area contributed by atoms with Crippen LogP contribution in [0.15, 0.2) is 16.5 Å². The molecule has 0 aliphatic heterocycles. The van der Waals surface area contributed by atoms with Gasteiger partial charge in [0.15, 0.2) is 5.88 Å². The van der Waals surface area contributed by atoms with Crippen molar-refractivity contribution in [1.82, 2.24) is 5.32 Å². The number of ether oxygens (including phenoxy) is 1. The summed E-state index contributed by atoms with van der Waals surface area (Å²) in [5.41, 5.74) is 5.39. The number of furan rings is 1. The summed E-state index contributed by atoms with van der Waals surface area (Å²) in [5.74, 6) is 1.31. The Bertz CT molecular complexity index is 223. The molecule has 0 bridgehead atoms. The predicted molar refractivity (Wildman–Crippen MR) is 46.7 cm³/mol. The molecule has 68 valence electrons. The van der Waals surface area contributed by atoms with Crippen molar-refractivity contribution in [3.8, 4) is 0 Å². The molecule has 1 rings (SSSR count). The number of nitrogens with one attached hydrogen (secondary N) is 1. The number of hydrogen-bond donors (Lipinski definition) is 2. The summed E-state index contributed by atoms with van der Waals surface area (Å²) in [6.07, 6.45) is 0. The highest BCUT2D eigenvalue weighted by atomic mass is 16.5. The Morgan fingerprint density at radius 2 is 2.42 bits per heavy atom. The van der Waals surface area contributed by atoms with Crippen LogP contribution in [0.25, 0.3) is 0 Å². The number of anilines is 1. The minimum atomic E-state index is 0.457. The maximum absolute atomic E-state index is 5.39. The molecule has 1 aromatic heterocycles. The normalized spacial score (nSPS) is 10.4. The number of hydrogen-bond acceptors (Lipinski definition) is 4.